The monoisotopic (exact) mass is 454 g/mol. The van der Waals surface area contributed by atoms with Crippen molar-refractivity contribution >= 4 is 0 Å². The number of allylic oxidation sites excluding steroid dienone is 4. The highest BCUT2D eigenvalue weighted by Crippen LogP contribution is 2.59. The lowest BCUT2D eigenvalue weighted by molar-refractivity contribution is 0.0124. The summed E-state index contributed by atoms with van der Waals surface area (Å²) in [6, 6.07) is 0. The minimum Gasteiger partial charge on any atom is -0.393 e. The molecular formula is C30H46O3. The molecular weight excluding hydrogens is 408 g/mol. The molecule has 0 aliphatic heterocycles. The first-order valence-electron chi connectivity index (χ1n) is 13.5. The van der Waals surface area contributed by atoms with Gasteiger partial charge in [-0.05, 0) is 85.7 Å². The lowest BCUT2D eigenvalue weighted by Crippen LogP contribution is -2.36. The summed E-state index contributed by atoms with van der Waals surface area (Å²) in [5.41, 5.74) is 3.16. The second-order valence-corrected chi connectivity index (χ2v) is 12.0. The van der Waals surface area contributed by atoms with Gasteiger partial charge in [0.05, 0.1) is 17.8 Å². The molecule has 0 heterocycles. The molecule has 4 aliphatic rings. The summed E-state index contributed by atoms with van der Waals surface area (Å²) in [7, 11) is 0. The van der Waals surface area contributed by atoms with Crippen molar-refractivity contribution in [2.75, 3.05) is 0 Å². The average molecular weight is 455 g/mol. The van der Waals surface area contributed by atoms with Crippen LogP contribution in [0.1, 0.15) is 91.4 Å². The van der Waals surface area contributed by atoms with E-state index in [1.807, 2.05) is 0 Å². The van der Waals surface area contributed by atoms with Crippen molar-refractivity contribution in [2.24, 2.45) is 29.1 Å². The van der Waals surface area contributed by atoms with Gasteiger partial charge < -0.3 is 15.3 Å². The molecule has 4 fully saturated rings. The third-order valence-electron chi connectivity index (χ3n) is 9.96. The summed E-state index contributed by atoms with van der Waals surface area (Å²) in [6.07, 6.45) is 19.4. The molecule has 33 heavy (non-hydrogen) atoms. The van der Waals surface area contributed by atoms with Crippen LogP contribution >= 0.6 is 0 Å². The molecule has 0 saturated heterocycles. The number of hydrogen-bond acceptors (Lipinski definition) is 3. The van der Waals surface area contributed by atoms with E-state index in [4.69, 9.17) is 0 Å². The highest BCUT2D eigenvalue weighted by molar-refractivity contribution is 5.38. The quantitative estimate of drug-likeness (QED) is 0.430. The third-order valence-corrected chi connectivity index (χ3v) is 9.96. The maximum absolute atomic E-state index is 10.9. The summed E-state index contributed by atoms with van der Waals surface area (Å²) < 4.78 is 0. The van der Waals surface area contributed by atoms with Crippen molar-refractivity contribution in [1.29, 1.82) is 0 Å². The average Bonchev–Trinajstić information content (AvgIpc) is 3.37. The second-order valence-electron chi connectivity index (χ2n) is 12.0. The van der Waals surface area contributed by atoms with Crippen LogP contribution < -0.4 is 0 Å². The summed E-state index contributed by atoms with van der Waals surface area (Å²) in [4.78, 5) is 0. The van der Waals surface area contributed by atoms with Crippen LogP contribution in [0.2, 0.25) is 0 Å². The van der Waals surface area contributed by atoms with Crippen molar-refractivity contribution in [3.8, 4) is 0 Å². The standard InChI is InChI=1S/C30H46O3/c1-20(9-10-21(2)30(33)16-5-6-17-30)26-13-14-27-23(8-7-15-29(26,27)4)11-12-24-18-25(31)19-28(32)22(24)3/h9-12,20-21,25-28,31-33H,3,5-8,13-19H2,1-2,4H3/t20-,21-,25-,26-,27?,28+,29-/m1/s1. The first-order valence-corrected chi connectivity index (χ1v) is 13.5. The highest BCUT2D eigenvalue weighted by Gasteiger charge is 2.50. The van der Waals surface area contributed by atoms with E-state index in [9.17, 15) is 15.3 Å². The predicted octanol–water partition coefficient (Wildman–Crippen LogP) is 6.26. The van der Waals surface area contributed by atoms with Crippen LogP contribution in [0.5, 0.6) is 0 Å². The van der Waals surface area contributed by atoms with E-state index < -0.39 is 17.8 Å². The largest absolute Gasteiger partial charge is 0.393 e. The number of hydrogen-bond donors (Lipinski definition) is 3. The molecule has 4 rings (SSSR count). The number of fused-ring (bicyclic) bond motifs is 1. The molecule has 0 radical (unpaired) electrons. The molecule has 0 aromatic carbocycles. The maximum Gasteiger partial charge on any atom is 0.0811 e. The molecule has 3 nitrogen and oxygen atoms in total. The van der Waals surface area contributed by atoms with Crippen LogP contribution in [0.3, 0.4) is 0 Å². The molecule has 3 heteroatoms. The molecule has 4 aliphatic carbocycles. The SMILES string of the molecule is C=C1C(=CC=C2CCC[C@@]3(C)C2CC[C@@H]3[C@H](C)C=C[C@@H](C)C2(O)CCCC2)C[C@@H](O)C[C@@H]1O. The van der Waals surface area contributed by atoms with Gasteiger partial charge in [-0.2, -0.15) is 0 Å². The van der Waals surface area contributed by atoms with E-state index in [1.54, 1.807) is 5.57 Å². The fraction of sp³-hybridized carbons (Fsp3) is 0.733. The first-order chi connectivity index (χ1) is 15.6. The topological polar surface area (TPSA) is 60.7 Å². The molecule has 0 bridgehead atoms. The van der Waals surface area contributed by atoms with Gasteiger partial charge in [0.1, 0.15) is 0 Å². The third kappa shape index (κ3) is 4.97. The smallest absolute Gasteiger partial charge is 0.0811 e. The molecule has 0 aromatic rings. The zero-order chi connectivity index (χ0) is 23.8. The normalized spacial score (nSPS) is 41.1. The van der Waals surface area contributed by atoms with E-state index in [1.165, 1.54) is 25.7 Å². The van der Waals surface area contributed by atoms with Crippen LogP contribution in [0.15, 0.2) is 47.6 Å². The Kier molecular flexibility index (Phi) is 7.44. The van der Waals surface area contributed by atoms with Crippen LogP contribution in [0.4, 0.5) is 0 Å². The fourth-order valence-electron chi connectivity index (χ4n) is 7.71. The van der Waals surface area contributed by atoms with Gasteiger partial charge in [-0.3, -0.25) is 0 Å². The minimum absolute atomic E-state index is 0.232. The minimum atomic E-state index is -0.622. The fourth-order valence-corrected chi connectivity index (χ4v) is 7.71. The van der Waals surface area contributed by atoms with Crippen molar-refractivity contribution in [2.45, 2.75) is 109 Å². The number of aliphatic hydroxyl groups excluding tert-OH is 2. The lowest BCUT2D eigenvalue weighted by atomic mass is 9.61. The van der Waals surface area contributed by atoms with Gasteiger partial charge in [0.15, 0.2) is 0 Å². The Bertz CT molecular complexity index is 814. The summed E-state index contributed by atoms with van der Waals surface area (Å²) in [5.74, 6) is 2.05. The Morgan fingerprint density at radius 2 is 1.73 bits per heavy atom. The number of rotatable bonds is 5. The van der Waals surface area contributed by atoms with Gasteiger partial charge in [0.25, 0.3) is 0 Å². The Balaban J connectivity index is 1.47. The Morgan fingerprint density at radius 3 is 2.45 bits per heavy atom. The van der Waals surface area contributed by atoms with Crippen LogP contribution in [-0.2, 0) is 0 Å². The van der Waals surface area contributed by atoms with Gasteiger partial charge in [-0.1, -0.05) is 70.1 Å². The lowest BCUT2D eigenvalue weighted by Gasteiger charge is -2.44. The molecule has 184 valence electrons. The molecule has 3 N–H and O–H groups in total. The molecule has 7 atom stereocenters. The van der Waals surface area contributed by atoms with Gasteiger partial charge >= 0.3 is 0 Å². The molecule has 1 unspecified atom stereocenters. The summed E-state index contributed by atoms with van der Waals surface area (Å²) in [6.45, 7) is 11.2. The molecule has 0 aromatic heterocycles. The highest BCUT2D eigenvalue weighted by atomic mass is 16.3. The van der Waals surface area contributed by atoms with Gasteiger partial charge in [0.2, 0.25) is 0 Å². The van der Waals surface area contributed by atoms with E-state index in [0.29, 0.717) is 36.0 Å². The summed E-state index contributed by atoms with van der Waals surface area (Å²) >= 11 is 0. The maximum atomic E-state index is 10.9. The molecule has 4 saturated carbocycles. The van der Waals surface area contributed by atoms with E-state index in [2.05, 4.69) is 51.7 Å². The van der Waals surface area contributed by atoms with Crippen LogP contribution in [0.25, 0.3) is 0 Å². The van der Waals surface area contributed by atoms with Crippen LogP contribution in [0, 0.1) is 29.1 Å². The van der Waals surface area contributed by atoms with Gasteiger partial charge in [-0.25, -0.2) is 0 Å². The zero-order valence-corrected chi connectivity index (χ0v) is 21.1. The second kappa shape index (κ2) is 9.84. The van der Waals surface area contributed by atoms with E-state index in [0.717, 1.165) is 43.3 Å². The summed E-state index contributed by atoms with van der Waals surface area (Å²) in [5, 5.41) is 31.2. The first kappa shape index (κ1) is 24.9. The van der Waals surface area contributed by atoms with E-state index in [-0.39, 0.29) is 5.92 Å². The van der Waals surface area contributed by atoms with Gasteiger partial charge in [-0.15, -0.1) is 0 Å². The zero-order valence-electron chi connectivity index (χ0n) is 21.1. The van der Waals surface area contributed by atoms with Crippen molar-refractivity contribution in [3.05, 3.63) is 47.6 Å². The predicted molar refractivity (Wildman–Crippen MR) is 136 cm³/mol. The Labute approximate surface area is 201 Å². The molecule has 0 spiro atoms. The Morgan fingerprint density at radius 1 is 1.00 bits per heavy atom. The van der Waals surface area contributed by atoms with Crippen molar-refractivity contribution in [1.82, 2.24) is 0 Å². The Hall–Kier alpha value is -1.16. The van der Waals surface area contributed by atoms with Gasteiger partial charge in [0, 0.05) is 12.3 Å². The van der Waals surface area contributed by atoms with Crippen molar-refractivity contribution < 1.29 is 15.3 Å². The number of aliphatic hydroxyl groups is 3. The van der Waals surface area contributed by atoms with E-state index >= 15 is 0 Å². The molecule has 0 amide bonds. The van der Waals surface area contributed by atoms with Crippen molar-refractivity contribution in [3.63, 3.8) is 0 Å². The van der Waals surface area contributed by atoms with Crippen LogP contribution in [-0.4, -0.2) is 33.1 Å².